The molecule has 1 N–H and O–H groups in total. The molecule has 0 atom stereocenters. The van der Waals surface area contributed by atoms with Gasteiger partial charge in [-0.05, 0) is 54.4 Å². The van der Waals surface area contributed by atoms with Gasteiger partial charge in [0.25, 0.3) is 0 Å². The van der Waals surface area contributed by atoms with Crippen molar-refractivity contribution in [3.63, 3.8) is 0 Å². The topological polar surface area (TPSA) is 42.8 Å². The number of rotatable bonds is 7. The molecule has 0 amide bonds. The minimum atomic E-state index is -0.276. The van der Waals surface area contributed by atoms with Crippen molar-refractivity contribution in [2.45, 2.75) is 13.3 Å². The fourth-order valence-corrected chi connectivity index (χ4v) is 1.80. The molecule has 0 aliphatic carbocycles. The van der Waals surface area contributed by atoms with Crippen LogP contribution in [0.2, 0.25) is 0 Å². The second kappa shape index (κ2) is 8.02. The van der Waals surface area contributed by atoms with Gasteiger partial charge in [0.05, 0.1) is 25.6 Å². The third-order valence-electron chi connectivity index (χ3n) is 2.90. The van der Waals surface area contributed by atoms with E-state index in [2.05, 4.69) is 17.5 Å². The summed E-state index contributed by atoms with van der Waals surface area (Å²) in [5.74, 6) is 1.11. The van der Waals surface area contributed by atoms with Gasteiger partial charge in [-0.25, -0.2) is 4.39 Å². The second-order valence-electron chi connectivity index (χ2n) is 4.64. The molecule has 0 aromatic heterocycles. The zero-order chi connectivity index (χ0) is 15.8. The maximum atomic E-state index is 12.8. The Balaban J connectivity index is 2.02. The molecule has 116 valence electrons. The van der Waals surface area contributed by atoms with Crippen LogP contribution < -0.4 is 14.9 Å². The molecule has 0 heterocycles. The summed E-state index contributed by atoms with van der Waals surface area (Å²) in [6, 6.07) is 11.6. The van der Waals surface area contributed by atoms with Gasteiger partial charge in [-0.15, -0.1) is 0 Å². The third kappa shape index (κ3) is 4.48. The van der Waals surface area contributed by atoms with Crippen LogP contribution in [0, 0.1) is 5.82 Å². The van der Waals surface area contributed by atoms with E-state index >= 15 is 0 Å². The first-order valence-corrected chi connectivity index (χ1v) is 7.08. The summed E-state index contributed by atoms with van der Waals surface area (Å²) in [5, 5.41) is 4.11. The Kier molecular flexibility index (Phi) is 5.77. The Labute approximate surface area is 129 Å². The molecule has 0 aliphatic rings. The highest BCUT2D eigenvalue weighted by molar-refractivity contribution is 5.81. The number of hydrogen-bond acceptors (Lipinski definition) is 4. The molecule has 0 aliphatic heterocycles. The van der Waals surface area contributed by atoms with Crippen molar-refractivity contribution in [3.05, 3.63) is 53.8 Å². The second-order valence-corrected chi connectivity index (χ2v) is 4.64. The minimum absolute atomic E-state index is 0.276. The highest BCUT2D eigenvalue weighted by Crippen LogP contribution is 2.27. The molecule has 5 heteroatoms. The summed E-state index contributed by atoms with van der Waals surface area (Å²) in [6.45, 7) is 2.70. The van der Waals surface area contributed by atoms with Crippen LogP contribution in [0.4, 0.5) is 10.1 Å². The summed E-state index contributed by atoms with van der Waals surface area (Å²) in [5.41, 5.74) is 4.42. The number of methoxy groups -OCH3 is 1. The molecule has 0 bridgehead atoms. The maximum Gasteiger partial charge on any atom is 0.161 e. The summed E-state index contributed by atoms with van der Waals surface area (Å²) >= 11 is 0. The fourth-order valence-electron chi connectivity index (χ4n) is 1.80. The van der Waals surface area contributed by atoms with Gasteiger partial charge in [0.15, 0.2) is 11.5 Å². The lowest BCUT2D eigenvalue weighted by Gasteiger charge is -2.10. The van der Waals surface area contributed by atoms with Gasteiger partial charge in [-0.2, -0.15) is 5.10 Å². The molecule has 22 heavy (non-hydrogen) atoms. The maximum absolute atomic E-state index is 12.8. The molecular weight excluding hydrogens is 283 g/mol. The van der Waals surface area contributed by atoms with Crippen molar-refractivity contribution < 1.29 is 13.9 Å². The average Bonchev–Trinajstić information content (AvgIpc) is 2.55. The Morgan fingerprint density at radius 2 is 1.91 bits per heavy atom. The van der Waals surface area contributed by atoms with Gasteiger partial charge in [-0.3, -0.25) is 5.43 Å². The fraction of sp³-hybridized carbons (Fsp3) is 0.235. The molecule has 2 aromatic rings. The number of hydrazone groups is 1. The normalized spacial score (nSPS) is 10.7. The molecule has 2 rings (SSSR count). The summed E-state index contributed by atoms with van der Waals surface area (Å²) in [7, 11) is 1.60. The van der Waals surface area contributed by atoms with E-state index in [-0.39, 0.29) is 5.82 Å². The Hall–Kier alpha value is -2.56. The number of halogens is 1. The van der Waals surface area contributed by atoms with Gasteiger partial charge >= 0.3 is 0 Å². The number of nitrogens with zero attached hydrogens (tertiary/aromatic N) is 1. The van der Waals surface area contributed by atoms with E-state index in [9.17, 15) is 4.39 Å². The lowest BCUT2D eigenvalue weighted by atomic mass is 10.2. The zero-order valence-corrected chi connectivity index (χ0v) is 12.7. The molecule has 4 nitrogen and oxygen atoms in total. The number of hydrogen-bond donors (Lipinski definition) is 1. The molecule has 0 spiro atoms. The Morgan fingerprint density at radius 1 is 1.14 bits per heavy atom. The first-order chi connectivity index (χ1) is 10.7. The van der Waals surface area contributed by atoms with Crippen molar-refractivity contribution in [1.82, 2.24) is 0 Å². The summed E-state index contributed by atoms with van der Waals surface area (Å²) < 4.78 is 23.7. The lowest BCUT2D eigenvalue weighted by Crippen LogP contribution is -1.98. The van der Waals surface area contributed by atoms with Gasteiger partial charge in [0.1, 0.15) is 5.82 Å². The molecular formula is C17H19FN2O2. The SMILES string of the molecule is CCCOc1ccc(/C=N/Nc2ccc(F)cc2)cc1OC. The van der Waals surface area contributed by atoms with E-state index in [1.165, 1.54) is 12.1 Å². The van der Waals surface area contributed by atoms with E-state index < -0.39 is 0 Å². The van der Waals surface area contributed by atoms with Crippen molar-refractivity contribution in [2.75, 3.05) is 19.1 Å². The Morgan fingerprint density at radius 3 is 2.59 bits per heavy atom. The van der Waals surface area contributed by atoms with Crippen LogP contribution in [-0.2, 0) is 0 Å². The van der Waals surface area contributed by atoms with E-state index in [1.54, 1.807) is 25.5 Å². The predicted octanol–water partition coefficient (Wildman–Crippen LogP) is 4.07. The van der Waals surface area contributed by atoms with Crippen LogP contribution in [-0.4, -0.2) is 19.9 Å². The third-order valence-corrected chi connectivity index (χ3v) is 2.90. The smallest absolute Gasteiger partial charge is 0.161 e. The van der Waals surface area contributed by atoms with E-state index in [1.807, 2.05) is 18.2 Å². The van der Waals surface area contributed by atoms with Gasteiger partial charge in [0, 0.05) is 0 Å². The highest BCUT2D eigenvalue weighted by atomic mass is 19.1. The monoisotopic (exact) mass is 302 g/mol. The van der Waals surface area contributed by atoms with Crippen molar-refractivity contribution >= 4 is 11.9 Å². The first kappa shape index (κ1) is 15.8. The Bertz CT molecular complexity index is 627. The van der Waals surface area contributed by atoms with Crippen LogP contribution in [0.25, 0.3) is 0 Å². The van der Waals surface area contributed by atoms with Crippen molar-refractivity contribution in [2.24, 2.45) is 5.10 Å². The van der Waals surface area contributed by atoms with Crippen LogP contribution in [0.15, 0.2) is 47.6 Å². The molecule has 0 radical (unpaired) electrons. The lowest BCUT2D eigenvalue weighted by molar-refractivity contribution is 0.294. The largest absolute Gasteiger partial charge is 0.493 e. The summed E-state index contributed by atoms with van der Waals surface area (Å²) in [4.78, 5) is 0. The minimum Gasteiger partial charge on any atom is -0.493 e. The molecule has 2 aromatic carbocycles. The van der Waals surface area contributed by atoms with Crippen LogP contribution >= 0.6 is 0 Å². The van der Waals surface area contributed by atoms with E-state index in [0.29, 0.717) is 23.8 Å². The zero-order valence-electron chi connectivity index (χ0n) is 12.7. The number of benzene rings is 2. The predicted molar refractivity (Wildman–Crippen MR) is 86.4 cm³/mol. The first-order valence-electron chi connectivity index (χ1n) is 7.08. The highest BCUT2D eigenvalue weighted by Gasteiger charge is 2.04. The number of nitrogens with one attached hydrogen (secondary N) is 1. The van der Waals surface area contributed by atoms with Gasteiger partial charge < -0.3 is 9.47 Å². The van der Waals surface area contributed by atoms with Crippen molar-refractivity contribution in [1.29, 1.82) is 0 Å². The number of anilines is 1. The van der Waals surface area contributed by atoms with Crippen LogP contribution in [0.3, 0.4) is 0 Å². The number of ether oxygens (including phenoxy) is 2. The van der Waals surface area contributed by atoms with E-state index in [0.717, 1.165) is 12.0 Å². The molecule has 0 fully saturated rings. The molecule has 0 saturated carbocycles. The van der Waals surface area contributed by atoms with Crippen molar-refractivity contribution in [3.8, 4) is 11.5 Å². The van der Waals surface area contributed by atoms with Gasteiger partial charge in [-0.1, -0.05) is 6.92 Å². The standard InChI is InChI=1S/C17H19FN2O2/c1-3-10-22-16-9-4-13(11-17(16)21-2)12-19-20-15-7-5-14(18)6-8-15/h4-9,11-12,20H,3,10H2,1-2H3/b19-12+. The quantitative estimate of drug-likeness (QED) is 0.619. The van der Waals surface area contributed by atoms with E-state index in [4.69, 9.17) is 9.47 Å². The van der Waals surface area contributed by atoms with Crippen LogP contribution in [0.1, 0.15) is 18.9 Å². The summed E-state index contributed by atoms with van der Waals surface area (Å²) in [6.07, 6.45) is 2.60. The van der Waals surface area contributed by atoms with Crippen LogP contribution in [0.5, 0.6) is 11.5 Å². The van der Waals surface area contributed by atoms with Gasteiger partial charge in [0.2, 0.25) is 0 Å². The molecule has 0 unspecified atom stereocenters. The average molecular weight is 302 g/mol. The molecule has 0 saturated heterocycles.